The zero-order chi connectivity index (χ0) is 43.3. The maximum absolute atomic E-state index is 14.3. The monoisotopic (exact) mass is 845 g/mol. The number of urea groups is 1. The van der Waals surface area contributed by atoms with Crippen LogP contribution in [0.15, 0.2) is 20.0 Å². The summed E-state index contributed by atoms with van der Waals surface area (Å²) < 4.78 is 0. The van der Waals surface area contributed by atoms with E-state index in [4.69, 9.17) is 34.4 Å². The maximum Gasteiger partial charge on any atom is 0.319 e. The lowest BCUT2D eigenvalue weighted by atomic mass is 10.1. The number of amides is 2. The van der Waals surface area contributed by atoms with Gasteiger partial charge < -0.3 is 54.8 Å². The first-order chi connectivity index (χ1) is 29.2. The molecule has 2 amide bonds. The quantitative estimate of drug-likeness (QED) is 0.0197. The van der Waals surface area contributed by atoms with Crippen molar-refractivity contribution < 1.29 is 4.79 Å². The summed E-state index contributed by atoms with van der Waals surface area (Å²) in [6.07, 6.45) is 32.3. The average molecular weight is 845 g/mol. The smallest absolute Gasteiger partial charge is 0.319 e. The lowest BCUT2D eigenvalue weighted by Crippen LogP contribution is -2.45. The van der Waals surface area contributed by atoms with Crippen LogP contribution in [-0.2, 0) is 0 Å². The molecule has 0 aromatic heterocycles. The molecular weight excluding hydrogens is 753 g/mol. The maximum atomic E-state index is 14.3. The van der Waals surface area contributed by atoms with E-state index in [9.17, 15) is 4.79 Å². The summed E-state index contributed by atoms with van der Waals surface area (Å²) in [5.41, 5.74) is 33.9. The number of carbonyl (C=O) groups excluding carboxylic acids is 1. The number of aliphatic imine (C=N–C) groups is 4. The van der Waals surface area contributed by atoms with Crippen LogP contribution < -0.4 is 45.0 Å². The molecule has 15 nitrogen and oxygen atoms in total. The highest BCUT2D eigenvalue weighted by Crippen LogP contribution is 2.29. The molecule has 60 heavy (non-hydrogen) atoms. The van der Waals surface area contributed by atoms with Crippen LogP contribution in [0.3, 0.4) is 0 Å². The first-order valence-corrected chi connectivity index (χ1v) is 24.5. The minimum absolute atomic E-state index is 0.170. The number of hydrogen-bond acceptors (Lipinski definition) is 5. The van der Waals surface area contributed by atoms with Crippen molar-refractivity contribution in [3.8, 4) is 0 Å². The van der Waals surface area contributed by atoms with Crippen LogP contribution >= 0.6 is 0 Å². The zero-order valence-corrected chi connectivity index (χ0v) is 38.1. The number of hydrogen-bond donors (Lipinski definition) is 8. The predicted octanol–water partition coefficient (Wildman–Crippen LogP) is 6.25. The first-order valence-electron chi connectivity index (χ1n) is 24.5. The van der Waals surface area contributed by atoms with Crippen LogP contribution in [0.4, 0.5) is 4.79 Å². The topological polar surface area (TPSA) is 253 Å². The minimum atomic E-state index is 0.170. The summed E-state index contributed by atoms with van der Waals surface area (Å²) in [6, 6.07) is 0.239. The second kappa shape index (κ2) is 36.0. The molecule has 0 aromatic carbocycles. The van der Waals surface area contributed by atoms with Gasteiger partial charge in [-0.2, -0.15) is 0 Å². The molecule has 15 heteroatoms. The number of nitrogens with one attached hydrogen (secondary N) is 2. The van der Waals surface area contributed by atoms with Crippen molar-refractivity contribution in [1.82, 2.24) is 20.4 Å². The number of nitrogens with two attached hydrogens (primary N) is 6. The summed E-state index contributed by atoms with van der Waals surface area (Å²) in [6.45, 7) is 8.24. The standard InChI is InChI=1S/C45H92N14O/c46-41(47)52-29-17-9-1-5-13-21-33-58(35-23-15-7-3-11-19-31-54-43(50)56-37-39-25-26-39)45(60)59(34-22-14-6-2-10-18-30-53-42(48)49)36-24-16-8-4-12-20-32-55-44(51)57-38-40-27-28-40/h39-40H,1-38H2,(H4,46,47,52)(H4,48,49,53)(H3,50,54,56)(H3,51,55,57). The molecule has 0 saturated heterocycles. The van der Waals surface area contributed by atoms with E-state index >= 15 is 0 Å². The third kappa shape index (κ3) is 33.1. The van der Waals surface area contributed by atoms with E-state index in [1.807, 2.05) is 0 Å². The molecular formula is C45H92N14O. The fourth-order valence-corrected chi connectivity index (χ4v) is 7.34. The molecule has 2 saturated carbocycles. The first kappa shape index (κ1) is 52.5. The van der Waals surface area contributed by atoms with Crippen LogP contribution in [-0.4, -0.2) is 105 Å². The van der Waals surface area contributed by atoms with Crippen molar-refractivity contribution in [1.29, 1.82) is 0 Å². The van der Waals surface area contributed by atoms with E-state index < -0.39 is 0 Å². The highest BCUT2D eigenvalue weighted by Gasteiger charge is 2.22. The Morgan fingerprint density at radius 3 is 0.983 bits per heavy atom. The summed E-state index contributed by atoms with van der Waals surface area (Å²) in [7, 11) is 0. The average Bonchev–Trinajstić information content (AvgIpc) is 4.17. The van der Waals surface area contributed by atoms with E-state index in [0.717, 1.165) is 154 Å². The molecule has 2 aliphatic carbocycles. The Balaban J connectivity index is 1.81. The Morgan fingerprint density at radius 1 is 0.400 bits per heavy atom. The molecule has 0 bridgehead atoms. The van der Waals surface area contributed by atoms with E-state index in [2.05, 4.69) is 40.4 Å². The van der Waals surface area contributed by atoms with E-state index in [1.165, 1.54) is 89.9 Å². The number of guanidine groups is 4. The fraction of sp³-hybridized carbons (Fsp3) is 0.889. The van der Waals surface area contributed by atoms with Gasteiger partial charge in [0.2, 0.25) is 0 Å². The predicted molar refractivity (Wildman–Crippen MR) is 255 cm³/mol. The Kier molecular flexibility index (Phi) is 31.5. The molecule has 14 N–H and O–H groups in total. The van der Waals surface area contributed by atoms with Crippen LogP contribution in [0.5, 0.6) is 0 Å². The normalized spacial score (nSPS) is 14.2. The van der Waals surface area contributed by atoms with Gasteiger partial charge in [0.1, 0.15) is 0 Å². The van der Waals surface area contributed by atoms with Gasteiger partial charge in [0, 0.05) is 65.4 Å². The van der Waals surface area contributed by atoms with Gasteiger partial charge in [-0.3, -0.25) is 20.0 Å². The Bertz CT molecular complexity index is 1090. The van der Waals surface area contributed by atoms with Crippen molar-refractivity contribution >= 4 is 29.9 Å². The van der Waals surface area contributed by atoms with Crippen LogP contribution in [0.2, 0.25) is 0 Å². The lowest BCUT2D eigenvalue weighted by Gasteiger charge is -2.31. The molecule has 0 unspecified atom stereocenters. The van der Waals surface area contributed by atoms with Crippen LogP contribution in [0.25, 0.3) is 0 Å². The molecule has 0 heterocycles. The largest absolute Gasteiger partial charge is 0.370 e. The fourth-order valence-electron chi connectivity index (χ4n) is 7.34. The van der Waals surface area contributed by atoms with Crippen molar-refractivity contribution in [3.05, 3.63) is 0 Å². The van der Waals surface area contributed by atoms with Crippen molar-refractivity contribution in [2.45, 2.75) is 180 Å². The second-order valence-electron chi connectivity index (χ2n) is 17.5. The number of rotatable bonds is 40. The number of unbranched alkanes of at least 4 members (excludes halogenated alkanes) is 20. The minimum Gasteiger partial charge on any atom is -0.370 e. The van der Waals surface area contributed by atoms with Crippen LogP contribution in [0.1, 0.15) is 180 Å². The Morgan fingerprint density at radius 2 is 0.683 bits per heavy atom. The van der Waals surface area contributed by atoms with Gasteiger partial charge in [0.15, 0.2) is 23.8 Å². The van der Waals surface area contributed by atoms with Gasteiger partial charge in [0.05, 0.1) is 0 Å². The van der Waals surface area contributed by atoms with Gasteiger partial charge in [-0.05, 0) is 88.9 Å². The molecule has 0 aromatic rings. The van der Waals surface area contributed by atoms with E-state index in [1.54, 1.807) is 0 Å². The molecule has 0 spiro atoms. The van der Waals surface area contributed by atoms with Crippen molar-refractivity contribution in [2.75, 3.05) is 65.4 Å². The van der Waals surface area contributed by atoms with E-state index in [0.29, 0.717) is 25.0 Å². The third-order valence-electron chi connectivity index (χ3n) is 11.6. The zero-order valence-electron chi connectivity index (χ0n) is 38.1. The molecule has 0 radical (unpaired) electrons. The van der Waals surface area contributed by atoms with Crippen molar-refractivity contribution in [3.63, 3.8) is 0 Å². The van der Waals surface area contributed by atoms with Gasteiger partial charge in [-0.15, -0.1) is 0 Å². The molecule has 0 atom stereocenters. The Labute approximate surface area is 365 Å². The summed E-state index contributed by atoms with van der Waals surface area (Å²) in [4.78, 5) is 35.8. The van der Waals surface area contributed by atoms with Gasteiger partial charge >= 0.3 is 6.03 Å². The van der Waals surface area contributed by atoms with Gasteiger partial charge in [-0.1, -0.05) is 103 Å². The second-order valence-corrected chi connectivity index (χ2v) is 17.5. The highest BCUT2D eigenvalue weighted by molar-refractivity contribution is 5.78. The van der Waals surface area contributed by atoms with E-state index in [-0.39, 0.29) is 18.0 Å². The van der Waals surface area contributed by atoms with Gasteiger partial charge in [-0.25, -0.2) is 4.79 Å². The molecule has 2 rings (SSSR count). The van der Waals surface area contributed by atoms with Crippen LogP contribution in [0, 0.1) is 11.8 Å². The number of nitrogens with zero attached hydrogens (tertiary/aromatic N) is 6. The molecule has 2 fully saturated rings. The Hall–Kier alpha value is -3.65. The highest BCUT2D eigenvalue weighted by atomic mass is 16.2. The van der Waals surface area contributed by atoms with Crippen molar-refractivity contribution in [2.24, 2.45) is 66.2 Å². The number of carbonyl (C=O) groups is 1. The third-order valence-corrected chi connectivity index (χ3v) is 11.6. The summed E-state index contributed by atoms with van der Waals surface area (Å²) >= 11 is 0. The lowest BCUT2D eigenvalue weighted by molar-refractivity contribution is 0.148. The molecule has 2 aliphatic rings. The summed E-state index contributed by atoms with van der Waals surface area (Å²) in [5.74, 6) is 3.04. The molecule has 348 valence electrons. The summed E-state index contributed by atoms with van der Waals surface area (Å²) in [5, 5.41) is 6.54. The molecule has 0 aliphatic heterocycles. The SMILES string of the molecule is NC(N)=NCCCCCCCCN(CCCCCCCCNC(N)=NCC1CC1)C(=O)N(CCCCCCCCN=C(N)N)CCCCCCCCNC(N)=NCC1CC1. The van der Waals surface area contributed by atoms with Gasteiger partial charge in [0.25, 0.3) is 0 Å².